The third kappa shape index (κ3) is 3.39. The second-order valence-electron chi connectivity index (χ2n) is 7.01. The Labute approximate surface area is 126 Å². The molecule has 2 saturated carbocycles. The molecule has 20 heavy (non-hydrogen) atoms. The number of hydrogen-bond donors (Lipinski definition) is 1. The molecule has 0 heterocycles. The van der Waals surface area contributed by atoms with E-state index >= 15 is 0 Å². The van der Waals surface area contributed by atoms with Crippen LogP contribution in [-0.2, 0) is 4.74 Å². The molecular weight excluding hydrogens is 246 g/mol. The maximum Gasteiger partial charge on any atom is 0.0661 e. The Morgan fingerprint density at radius 3 is 2.35 bits per heavy atom. The van der Waals surface area contributed by atoms with Crippen LogP contribution in [0.4, 0.5) is 0 Å². The van der Waals surface area contributed by atoms with Crippen molar-refractivity contribution < 1.29 is 4.74 Å². The first-order chi connectivity index (χ1) is 9.76. The summed E-state index contributed by atoms with van der Waals surface area (Å²) in [6.45, 7) is 9.12. The minimum Gasteiger partial charge on any atom is -0.377 e. The summed E-state index contributed by atoms with van der Waals surface area (Å²) < 4.78 is 6.39. The molecule has 0 spiro atoms. The lowest BCUT2D eigenvalue weighted by atomic mass is 9.58. The molecule has 0 aliphatic heterocycles. The Balaban J connectivity index is 1.81. The van der Waals surface area contributed by atoms with Crippen LogP contribution in [0.25, 0.3) is 0 Å². The maximum atomic E-state index is 6.39. The summed E-state index contributed by atoms with van der Waals surface area (Å²) in [5, 5.41) is 3.75. The van der Waals surface area contributed by atoms with Crippen LogP contribution in [0.3, 0.4) is 0 Å². The third-order valence-electron chi connectivity index (χ3n) is 6.00. The molecular formula is C18H35NO. The van der Waals surface area contributed by atoms with E-state index in [0.29, 0.717) is 17.6 Å². The van der Waals surface area contributed by atoms with Crippen molar-refractivity contribution >= 4 is 0 Å². The van der Waals surface area contributed by atoms with Crippen LogP contribution in [0.1, 0.15) is 78.6 Å². The summed E-state index contributed by atoms with van der Waals surface area (Å²) in [5.74, 6) is 0.845. The first kappa shape index (κ1) is 16.3. The molecule has 2 rings (SSSR count). The van der Waals surface area contributed by atoms with Crippen molar-refractivity contribution in [2.45, 2.75) is 90.7 Å². The molecule has 0 aromatic rings. The monoisotopic (exact) mass is 281 g/mol. The molecule has 0 saturated heterocycles. The summed E-state index contributed by atoms with van der Waals surface area (Å²) in [4.78, 5) is 0. The summed E-state index contributed by atoms with van der Waals surface area (Å²) in [7, 11) is 0. The van der Waals surface area contributed by atoms with E-state index in [9.17, 15) is 0 Å². The minimum atomic E-state index is 0.407. The number of hydrogen-bond acceptors (Lipinski definition) is 2. The lowest BCUT2D eigenvalue weighted by molar-refractivity contribution is -0.149. The summed E-state index contributed by atoms with van der Waals surface area (Å²) in [6.07, 6.45) is 12.6. The standard InChI is InChI=1S/C18H35NO/c1-4-12-19-16-13-17(18(16,5-2)6-3)20-14-15-10-8-7-9-11-15/h15-17,19H,4-14H2,1-3H3. The predicted octanol–water partition coefficient (Wildman–Crippen LogP) is 4.53. The Hall–Kier alpha value is -0.0800. The van der Waals surface area contributed by atoms with Gasteiger partial charge in [0.1, 0.15) is 0 Å². The van der Waals surface area contributed by atoms with E-state index in [1.165, 1.54) is 57.8 Å². The maximum absolute atomic E-state index is 6.39. The van der Waals surface area contributed by atoms with Crippen molar-refractivity contribution in [2.75, 3.05) is 13.2 Å². The molecule has 0 aromatic heterocycles. The highest BCUT2D eigenvalue weighted by atomic mass is 16.5. The van der Waals surface area contributed by atoms with E-state index in [0.717, 1.165) is 19.1 Å². The molecule has 2 heteroatoms. The van der Waals surface area contributed by atoms with E-state index in [4.69, 9.17) is 4.74 Å². The number of nitrogens with one attached hydrogen (secondary N) is 1. The molecule has 2 atom stereocenters. The summed E-state index contributed by atoms with van der Waals surface area (Å²) in [6, 6.07) is 0.689. The SMILES string of the molecule is CCCNC1CC(OCC2CCCCC2)C1(CC)CC. The van der Waals surface area contributed by atoms with E-state index in [1.807, 2.05) is 0 Å². The number of ether oxygens (including phenoxy) is 1. The minimum absolute atomic E-state index is 0.407. The lowest BCUT2D eigenvalue weighted by Gasteiger charge is -2.56. The highest BCUT2D eigenvalue weighted by Gasteiger charge is 2.53. The summed E-state index contributed by atoms with van der Waals surface area (Å²) >= 11 is 0. The van der Waals surface area contributed by atoms with Gasteiger partial charge in [-0.25, -0.2) is 0 Å². The van der Waals surface area contributed by atoms with Crippen LogP contribution >= 0.6 is 0 Å². The zero-order valence-electron chi connectivity index (χ0n) is 13.9. The Morgan fingerprint density at radius 1 is 1.05 bits per heavy atom. The zero-order valence-corrected chi connectivity index (χ0v) is 13.9. The molecule has 0 radical (unpaired) electrons. The van der Waals surface area contributed by atoms with Gasteiger partial charge < -0.3 is 10.1 Å². The fourth-order valence-corrected chi connectivity index (χ4v) is 4.39. The van der Waals surface area contributed by atoms with Gasteiger partial charge in [-0.15, -0.1) is 0 Å². The van der Waals surface area contributed by atoms with Crippen molar-refractivity contribution in [1.82, 2.24) is 5.32 Å². The normalized spacial score (nSPS) is 30.1. The van der Waals surface area contributed by atoms with Gasteiger partial charge in [0, 0.05) is 18.1 Å². The molecule has 118 valence electrons. The average Bonchev–Trinajstić information content (AvgIpc) is 2.48. The largest absolute Gasteiger partial charge is 0.377 e. The molecule has 2 fully saturated rings. The third-order valence-corrected chi connectivity index (χ3v) is 6.00. The van der Waals surface area contributed by atoms with Crippen molar-refractivity contribution in [3.63, 3.8) is 0 Å². The van der Waals surface area contributed by atoms with Crippen LogP contribution < -0.4 is 5.32 Å². The van der Waals surface area contributed by atoms with Gasteiger partial charge in [-0.1, -0.05) is 40.0 Å². The van der Waals surface area contributed by atoms with Gasteiger partial charge in [0.25, 0.3) is 0 Å². The van der Waals surface area contributed by atoms with Gasteiger partial charge >= 0.3 is 0 Å². The molecule has 2 unspecified atom stereocenters. The molecule has 0 aromatic carbocycles. The first-order valence-electron chi connectivity index (χ1n) is 9.11. The van der Waals surface area contributed by atoms with Crippen LogP contribution in [-0.4, -0.2) is 25.3 Å². The quantitative estimate of drug-likeness (QED) is 0.706. The van der Waals surface area contributed by atoms with Gasteiger partial charge in [0.05, 0.1) is 6.10 Å². The zero-order chi connectivity index (χ0) is 14.4. The van der Waals surface area contributed by atoms with E-state index in [2.05, 4.69) is 26.1 Å². The highest BCUT2D eigenvalue weighted by Crippen LogP contribution is 2.49. The van der Waals surface area contributed by atoms with Gasteiger partial charge in [-0.2, -0.15) is 0 Å². The molecule has 0 amide bonds. The molecule has 2 nitrogen and oxygen atoms in total. The highest BCUT2D eigenvalue weighted by molar-refractivity contribution is 5.06. The first-order valence-corrected chi connectivity index (χ1v) is 9.11. The van der Waals surface area contributed by atoms with Crippen LogP contribution in [0.15, 0.2) is 0 Å². The van der Waals surface area contributed by atoms with Crippen molar-refractivity contribution in [3.8, 4) is 0 Å². The fraction of sp³-hybridized carbons (Fsp3) is 1.00. The van der Waals surface area contributed by atoms with E-state index in [1.54, 1.807) is 0 Å². The Morgan fingerprint density at radius 2 is 1.75 bits per heavy atom. The van der Waals surface area contributed by atoms with Gasteiger partial charge in [-0.05, 0) is 51.0 Å². The Kier molecular flexibility index (Phi) is 6.35. The van der Waals surface area contributed by atoms with E-state index < -0.39 is 0 Å². The molecule has 2 aliphatic carbocycles. The Bertz CT molecular complexity index is 269. The van der Waals surface area contributed by atoms with Gasteiger partial charge in [0.2, 0.25) is 0 Å². The summed E-state index contributed by atoms with van der Waals surface area (Å²) in [5.41, 5.74) is 0.407. The predicted molar refractivity (Wildman–Crippen MR) is 86.0 cm³/mol. The lowest BCUT2D eigenvalue weighted by Crippen LogP contribution is -2.63. The van der Waals surface area contributed by atoms with Gasteiger partial charge in [-0.3, -0.25) is 0 Å². The number of rotatable bonds is 8. The van der Waals surface area contributed by atoms with Crippen molar-refractivity contribution in [1.29, 1.82) is 0 Å². The topological polar surface area (TPSA) is 21.3 Å². The van der Waals surface area contributed by atoms with Crippen molar-refractivity contribution in [3.05, 3.63) is 0 Å². The molecule has 2 aliphatic rings. The second kappa shape index (κ2) is 7.79. The van der Waals surface area contributed by atoms with Crippen molar-refractivity contribution in [2.24, 2.45) is 11.3 Å². The van der Waals surface area contributed by atoms with Gasteiger partial charge in [0.15, 0.2) is 0 Å². The fourth-order valence-electron chi connectivity index (χ4n) is 4.39. The second-order valence-corrected chi connectivity index (χ2v) is 7.01. The smallest absolute Gasteiger partial charge is 0.0661 e. The molecule has 1 N–H and O–H groups in total. The molecule has 0 bridgehead atoms. The van der Waals surface area contributed by atoms with Crippen LogP contribution in [0.5, 0.6) is 0 Å². The van der Waals surface area contributed by atoms with Crippen LogP contribution in [0, 0.1) is 11.3 Å². The van der Waals surface area contributed by atoms with Crippen LogP contribution in [0.2, 0.25) is 0 Å². The average molecular weight is 281 g/mol. The van der Waals surface area contributed by atoms with E-state index in [-0.39, 0.29) is 0 Å².